The van der Waals surface area contributed by atoms with Gasteiger partial charge in [0, 0.05) is 31.2 Å². The van der Waals surface area contributed by atoms with Gasteiger partial charge in [-0.15, -0.1) is 0 Å². The molecule has 1 N–H and O–H groups in total. The van der Waals surface area contributed by atoms with Gasteiger partial charge in [-0.05, 0) is 25.0 Å². The number of anilines is 1. The van der Waals surface area contributed by atoms with Crippen LogP contribution in [-0.2, 0) is 4.74 Å². The predicted octanol–water partition coefficient (Wildman–Crippen LogP) is 2.91. The molecule has 7 heteroatoms. The Morgan fingerprint density at radius 2 is 2.00 bits per heavy atom. The van der Waals surface area contributed by atoms with Crippen molar-refractivity contribution in [2.75, 3.05) is 38.2 Å². The van der Waals surface area contributed by atoms with E-state index in [4.69, 9.17) is 10.00 Å². The van der Waals surface area contributed by atoms with Gasteiger partial charge in [0.1, 0.15) is 5.69 Å². The third kappa shape index (κ3) is 3.91. The number of hydrogen-bond donors (Lipinski definition) is 1. The highest BCUT2D eigenvalue weighted by atomic mass is 16.6. The van der Waals surface area contributed by atoms with Crippen molar-refractivity contribution in [2.24, 2.45) is 0 Å². The SMILES string of the molecule is N#Cc1ccc(NCC2(N3CCOCC3)CCCCC2)c([N+](=O)[O-])c1. The molecule has 0 radical (unpaired) electrons. The van der Waals surface area contributed by atoms with Crippen LogP contribution in [0.15, 0.2) is 18.2 Å². The van der Waals surface area contributed by atoms with Gasteiger partial charge in [0.2, 0.25) is 0 Å². The molecular weight excluding hydrogens is 320 g/mol. The summed E-state index contributed by atoms with van der Waals surface area (Å²) in [7, 11) is 0. The zero-order valence-corrected chi connectivity index (χ0v) is 14.4. The summed E-state index contributed by atoms with van der Waals surface area (Å²) in [6.07, 6.45) is 5.83. The second-order valence-corrected chi connectivity index (χ2v) is 6.84. The number of morpholine rings is 1. The molecule has 0 amide bonds. The average molecular weight is 344 g/mol. The van der Waals surface area contributed by atoms with E-state index in [1.54, 1.807) is 12.1 Å². The standard InChI is InChI=1S/C18H24N4O3/c19-13-15-4-5-16(17(12-15)22(23)24)20-14-18(6-2-1-3-7-18)21-8-10-25-11-9-21/h4-5,12,20H,1-3,6-11,14H2. The molecule has 134 valence electrons. The molecule has 1 heterocycles. The summed E-state index contributed by atoms with van der Waals surface area (Å²) in [6.45, 7) is 4.01. The van der Waals surface area contributed by atoms with Crippen molar-refractivity contribution in [1.82, 2.24) is 4.90 Å². The summed E-state index contributed by atoms with van der Waals surface area (Å²) < 4.78 is 5.49. The molecular formula is C18H24N4O3. The summed E-state index contributed by atoms with van der Waals surface area (Å²) >= 11 is 0. The Balaban J connectivity index is 1.79. The molecule has 25 heavy (non-hydrogen) atoms. The van der Waals surface area contributed by atoms with E-state index in [-0.39, 0.29) is 11.2 Å². The Hall–Kier alpha value is -2.17. The number of hydrogen-bond acceptors (Lipinski definition) is 6. The van der Waals surface area contributed by atoms with Crippen molar-refractivity contribution in [3.8, 4) is 6.07 Å². The number of nitro groups is 1. The highest BCUT2D eigenvalue weighted by Gasteiger charge is 2.38. The van der Waals surface area contributed by atoms with Crippen LogP contribution in [0.4, 0.5) is 11.4 Å². The molecule has 1 aromatic carbocycles. The molecule has 1 aromatic rings. The topological polar surface area (TPSA) is 91.4 Å². The predicted molar refractivity (Wildman–Crippen MR) is 94.5 cm³/mol. The fourth-order valence-electron chi connectivity index (χ4n) is 4.01. The van der Waals surface area contributed by atoms with Gasteiger partial charge in [0.15, 0.2) is 0 Å². The van der Waals surface area contributed by atoms with Crippen LogP contribution < -0.4 is 5.32 Å². The highest BCUT2D eigenvalue weighted by Crippen LogP contribution is 2.35. The lowest BCUT2D eigenvalue weighted by atomic mass is 9.79. The lowest BCUT2D eigenvalue weighted by molar-refractivity contribution is -0.384. The number of nitrogens with one attached hydrogen (secondary N) is 1. The third-order valence-electron chi connectivity index (χ3n) is 5.40. The first-order chi connectivity index (χ1) is 12.1. The van der Waals surface area contributed by atoms with Crippen LogP contribution in [-0.4, -0.2) is 48.2 Å². The summed E-state index contributed by atoms with van der Waals surface area (Å²) in [6, 6.07) is 6.57. The van der Waals surface area contributed by atoms with E-state index in [1.165, 1.54) is 25.3 Å². The summed E-state index contributed by atoms with van der Waals surface area (Å²) in [5.74, 6) is 0. The van der Waals surface area contributed by atoms with E-state index in [0.717, 1.165) is 39.1 Å². The normalized spacial score (nSPS) is 20.6. The fraction of sp³-hybridized carbons (Fsp3) is 0.611. The molecule has 1 aliphatic heterocycles. The Bertz CT molecular complexity index is 659. The van der Waals surface area contributed by atoms with E-state index < -0.39 is 4.92 Å². The first-order valence-electron chi connectivity index (χ1n) is 8.90. The molecule has 7 nitrogen and oxygen atoms in total. The van der Waals surface area contributed by atoms with Crippen molar-refractivity contribution in [1.29, 1.82) is 5.26 Å². The van der Waals surface area contributed by atoms with Crippen LogP contribution >= 0.6 is 0 Å². The van der Waals surface area contributed by atoms with Gasteiger partial charge in [-0.3, -0.25) is 15.0 Å². The number of ether oxygens (including phenoxy) is 1. The van der Waals surface area contributed by atoms with E-state index in [2.05, 4.69) is 10.2 Å². The molecule has 3 rings (SSSR count). The average Bonchev–Trinajstić information content (AvgIpc) is 2.67. The largest absolute Gasteiger partial charge is 0.379 e. The maximum Gasteiger partial charge on any atom is 0.293 e. The van der Waals surface area contributed by atoms with Gasteiger partial charge >= 0.3 is 0 Å². The molecule has 1 aliphatic carbocycles. The van der Waals surface area contributed by atoms with E-state index in [1.807, 2.05) is 6.07 Å². The zero-order valence-electron chi connectivity index (χ0n) is 14.4. The monoisotopic (exact) mass is 344 g/mol. The minimum atomic E-state index is -0.425. The molecule has 0 unspecified atom stereocenters. The molecule has 1 saturated carbocycles. The van der Waals surface area contributed by atoms with Crippen LogP contribution in [0.1, 0.15) is 37.7 Å². The summed E-state index contributed by atoms with van der Waals surface area (Å²) in [5.41, 5.74) is 0.788. The van der Waals surface area contributed by atoms with Crippen LogP contribution in [0, 0.1) is 21.4 Å². The van der Waals surface area contributed by atoms with Crippen LogP contribution in [0.3, 0.4) is 0 Å². The van der Waals surface area contributed by atoms with E-state index >= 15 is 0 Å². The second-order valence-electron chi connectivity index (χ2n) is 6.84. The van der Waals surface area contributed by atoms with Gasteiger partial charge in [-0.1, -0.05) is 19.3 Å². The minimum absolute atomic E-state index is 0.0315. The van der Waals surface area contributed by atoms with Crippen LogP contribution in [0.2, 0.25) is 0 Å². The van der Waals surface area contributed by atoms with E-state index in [9.17, 15) is 10.1 Å². The van der Waals surface area contributed by atoms with Gasteiger partial charge in [0.05, 0.1) is 29.8 Å². The Kier molecular flexibility index (Phi) is 5.51. The highest BCUT2D eigenvalue weighted by molar-refractivity contribution is 5.64. The molecule has 2 fully saturated rings. The maximum atomic E-state index is 11.4. The lowest BCUT2D eigenvalue weighted by Gasteiger charge is -2.48. The number of rotatable bonds is 5. The number of nitriles is 1. The molecule has 1 saturated heterocycles. The molecule has 0 bridgehead atoms. The smallest absolute Gasteiger partial charge is 0.293 e. The van der Waals surface area contributed by atoms with Crippen molar-refractivity contribution in [2.45, 2.75) is 37.6 Å². The number of benzene rings is 1. The number of nitro benzene ring substituents is 1. The Morgan fingerprint density at radius 3 is 2.64 bits per heavy atom. The van der Waals surface area contributed by atoms with Crippen molar-refractivity contribution in [3.63, 3.8) is 0 Å². The Labute approximate surface area is 147 Å². The Morgan fingerprint density at radius 1 is 1.28 bits per heavy atom. The molecule has 0 atom stereocenters. The summed E-state index contributed by atoms with van der Waals surface area (Å²) in [5, 5.41) is 23.6. The molecule has 0 spiro atoms. The third-order valence-corrected chi connectivity index (χ3v) is 5.40. The quantitative estimate of drug-likeness (QED) is 0.652. The van der Waals surface area contributed by atoms with Crippen molar-refractivity contribution < 1.29 is 9.66 Å². The molecule has 0 aromatic heterocycles. The van der Waals surface area contributed by atoms with Crippen molar-refractivity contribution >= 4 is 11.4 Å². The minimum Gasteiger partial charge on any atom is -0.379 e. The van der Waals surface area contributed by atoms with Crippen molar-refractivity contribution in [3.05, 3.63) is 33.9 Å². The van der Waals surface area contributed by atoms with Gasteiger partial charge in [-0.2, -0.15) is 5.26 Å². The van der Waals surface area contributed by atoms with Crippen LogP contribution in [0.5, 0.6) is 0 Å². The first kappa shape index (κ1) is 17.6. The van der Waals surface area contributed by atoms with Gasteiger partial charge < -0.3 is 10.1 Å². The fourth-order valence-corrected chi connectivity index (χ4v) is 4.01. The zero-order chi connectivity index (χ0) is 17.7. The van der Waals surface area contributed by atoms with Gasteiger partial charge in [-0.25, -0.2) is 0 Å². The van der Waals surface area contributed by atoms with Crippen LogP contribution in [0.25, 0.3) is 0 Å². The maximum absolute atomic E-state index is 11.4. The number of nitrogens with zero attached hydrogens (tertiary/aromatic N) is 3. The lowest BCUT2D eigenvalue weighted by Crippen LogP contribution is -2.58. The van der Waals surface area contributed by atoms with E-state index in [0.29, 0.717) is 17.8 Å². The second kappa shape index (κ2) is 7.81. The molecule has 2 aliphatic rings. The summed E-state index contributed by atoms with van der Waals surface area (Å²) in [4.78, 5) is 13.4. The first-order valence-corrected chi connectivity index (χ1v) is 8.90. The van der Waals surface area contributed by atoms with Gasteiger partial charge in [0.25, 0.3) is 5.69 Å².